The number of benzene rings is 3. The van der Waals surface area contributed by atoms with E-state index in [4.69, 9.17) is 0 Å². The van der Waals surface area contributed by atoms with Gasteiger partial charge in [-0.05, 0) is 67.6 Å². The van der Waals surface area contributed by atoms with E-state index in [1.165, 1.54) is 0 Å². The molecule has 1 aliphatic heterocycles. The second kappa shape index (κ2) is 10.9. The molecule has 1 saturated heterocycles. The van der Waals surface area contributed by atoms with E-state index in [1.54, 1.807) is 6.07 Å². The van der Waals surface area contributed by atoms with Crippen LogP contribution in [0.5, 0.6) is 0 Å². The summed E-state index contributed by atoms with van der Waals surface area (Å²) in [5, 5.41) is 8.87. The van der Waals surface area contributed by atoms with Crippen LogP contribution in [0.15, 0.2) is 72.8 Å². The van der Waals surface area contributed by atoms with Crippen LogP contribution in [-0.4, -0.2) is 25.0 Å². The first-order valence-electron chi connectivity index (χ1n) is 11.9. The lowest BCUT2D eigenvalue weighted by atomic mass is 10.1. The number of rotatable bonds is 7. The maximum absolute atomic E-state index is 13.3. The van der Waals surface area contributed by atoms with E-state index in [1.807, 2.05) is 73.7 Å². The van der Waals surface area contributed by atoms with E-state index in [9.17, 15) is 9.59 Å². The number of carbonyl (C=O) groups is 2. The number of carbonyl (C=O) groups excluding carboxylic acids is 2. The highest BCUT2D eigenvalue weighted by Crippen LogP contribution is 2.28. The van der Waals surface area contributed by atoms with Crippen molar-refractivity contribution < 1.29 is 9.59 Å². The van der Waals surface area contributed by atoms with Crippen LogP contribution >= 0.6 is 0 Å². The monoisotopic (exact) mass is 456 g/mol. The fourth-order valence-electron chi connectivity index (χ4n) is 4.29. The minimum atomic E-state index is -0.341. The standard InChI is InChI=1S/C28H32N4O2/c1-3-21-10-9-13-23(18-21)30-28(34)31-24-14-15-26(32-16-7-8-17-32)25(19-24)27(33)29-20(2)22-11-5-4-6-12-22/h4-6,9-15,18-20H,3,7-8,16-17H2,1-2H3,(H,29,33)(H2,30,31,34). The Kier molecular flexibility index (Phi) is 7.48. The zero-order valence-corrected chi connectivity index (χ0v) is 19.8. The van der Waals surface area contributed by atoms with Gasteiger partial charge in [-0.2, -0.15) is 0 Å². The Morgan fingerprint density at radius 3 is 2.29 bits per heavy atom. The number of nitrogens with zero attached hydrogens (tertiary/aromatic N) is 1. The van der Waals surface area contributed by atoms with Gasteiger partial charge in [-0.3, -0.25) is 4.79 Å². The lowest BCUT2D eigenvalue weighted by Gasteiger charge is -2.23. The SMILES string of the molecule is CCc1cccc(NC(=O)Nc2ccc(N3CCCC3)c(C(=O)NC(C)c3ccccc3)c2)c1. The molecule has 3 aromatic carbocycles. The summed E-state index contributed by atoms with van der Waals surface area (Å²) in [6, 6.07) is 22.7. The Bertz CT molecular complexity index is 1140. The van der Waals surface area contributed by atoms with Crippen LogP contribution in [0.3, 0.4) is 0 Å². The first kappa shape index (κ1) is 23.4. The fraction of sp³-hybridized carbons (Fsp3) is 0.286. The van der Waals surface area contributed by atoms with Gasteiger partial charge in [0.05, 0.1) is 11.6 Å². The summed E-state index contributed by atoms with van der Waals surface area (Å²) in [5.74, 6) is -0.155. The molecule has 176 valence electrons. The van der Waals surface area contributed by atoms with Crippen molar-refractivity contribution in [1.82, 2.24) is 5.32 Å². The second-order valence-electron chi connectivity index (χ2n) is 8.66. The molecule has 0 saturated carbocycles. The van der Waals surface area contributed by atoms with E-state index >= 15 is 0 Å². The molecule has 1 atom stereocenters. The Balaban J connectivity index is 1.53. The van der Waals surface area contributed by atoms with Gasteiger partial charge in [0, 0.05) is 30.2 Å². The molecule has 1 aliphatic rings. The molecule has 0 aromatic heterocycles. The van der Waals surface area contributed by atoms with Gasteiger partial charge < -0.3 is 20.9 Å². The molecule has 0 aliphatic carbocycles. The fourth-order valence-corrected chi connectivity index (χ4v) is 4.29. The number of hydrogen-bond donors (Lipinski definition) is 3. The van der Waals surface area contributed by atoms with E-state index in [0.717, 1.165) is 54.9 Å². The Hall–Kier alpha value is -3.80. The molecule has 4 rings (SSSR count). The smallest absolute Gasteiger partial charge is 0.323 e. The number of hydrogen-bond acceptors (Lipinski definition) is 3. The minimum absolute atomic E-state index is 0.133. The van der Waals surface area contributed by atoms with Crippen molar-refractivity contribution in [1.29, 1.82) is 0 Å². The van der Waals surface area contributed by atoms with Crippen molar-refractivity contribution in [3.8, 4) is 0 Å². The Labute approximate surface area is 201 Å². The average molecular weight is 457 g/mol. The molecule has 3 aromatic rings. The summed E-state index contributed by atoms with van der Waals surface area (Å²) in [6.07, 6.45) is 3.12. The predicted molar refractivity (Wildman–Crippen MR) is 139 cm³/mol. The normalized spacial score (nSPS) is 13.9. The molecule has 3 N–H and O–H groups in total. The Morgan fingerprint density at radius 1 is 0.882 bits per heavy atom. The highest BCUT2D eigenvalue weighted by atomic mass is 16.2. The lowest BCUT2D eigenvalue weighted by Crippen LogP contribution is -2.30. The first-order valence-corrected chi connectivity index (χ1v) is 11.9. The number of urea groups is 1. The average Bonchev–Trinajstić information content (AvgIpc) is 3.39. The van der Waals surface area contributed by atoms with Crippen LogP contribution in [-0.2, 0) is 6.42 Å². The van der Waals surface area contributed by atoms with Gasteiger partial charge in [0.25, 0.3) is 5.91 Å². The minimum Gasteiger partial charge on any atom is -0.371 e. The third-order valence-corrected chi connectivity index (χ3v) is 6.19. The summed E-state index contributed by atoms with van der Waals surface area (Å²) in [5.41, 5.74) is 4.97. The van der Waals surface area contributed by atoms with Gasteiger partial charge in [0.1, 0.15) is 0 Å². The van der Waals surface area contributed by atoms with Gasteiger partial charge in [-0.25, -0.2) is 4.79 Å². The molecule has 1 fully saturated rings. The maximum atomic E-state index is 13.3. The van der Waals surface area contributed by atoms with Crippen molar-refractivity contribution in [2.24, 2.45) is 0 Å². The number of nitrogens with one attached hydrogen (secondary N) is 3. The molecule has 0 bridgehead atoms. The van der Waals surface area contributed by atoms with E-state index in [0.29, 0.717) is 11.3 Å². The van der Waals surface area contributed by atoms with Crippen molar-refractivity contribution in [2.75, 3.05) is 28.6 Å². The van der Waals surface area contributed by atoms with Crippen LogP contribution in [0.1, 0.15) is 54.2 Å². The third-order valence-electron chi connectivity index (χ3n) is 6.19. The summed E-state index contributed by atoms with van der Waals surface area (Å²) in [7, 11) is 0. The topological polar surface area (TPSA) is 73.5 Å². The molecular weight excluding hydrogens is 424 g/mol. The van der Waals surface area contributed by atoms with Crippen molar-refractivity contribution in [3.63, 3.8) is 0 Å². The number of amides is 3. The largest absolute Gasteiger partial charge is 0.371 e. The zero-order chi connectivity index (χ0) is 23.9. The molecule has 1 heterocycles. The van der Waals surface area contributed by atoms with Crippen LogP contribution in [0.25, 0.3) is 0 Å². The Morgan fingerprint density at radius 2 is 1.59 bits per heavy atom. The van der Waals surface area contributed by atoms with E-state index < -0.39 is 0 Å². The molecule has 0 radical (unpaired) electrons. The summed E-state index contributed by atoms with van der Waals surface area (Å²) in [4.78, 5) is 28.2. The molecular formula is C28H32N4O2. The van der Waals surface area contributed by atoms with E-state index in [-0.39, 0.29) is 18.0 Å². The van der Waals surface area contributed by atoms with E-state index in [2.05, 4.69) is 27.8 Å². The zero-order valence-electron chi connectivity index (χ0n) is 19.8. The van der Waals surface area contributed by atoms with Gasteiger partial charge in [-0.1, -0.05) is 49.4 Å². The molecule has 34 heavy (non-hydrogen) atoms. The van der Waals surface area contributed by atoms with Crippen LogP contribution in [0.2, 0.25) is 0 Å². The highest BCUT2D eigenvalue weighted by Gasteiger charge is 2.22. The van der Waals surface area contributed by atoms with Gasteiger partial charge in [-0.15, -0.1) is 0 Å². The maximum Gasteiger partial charge on any atom is 0.323 e. The molecule has 6 heteroatoms. The number of anilines is 3. The van der Waals surface area contributed by atoms with Crippen molar-refractivity contribution in [2.45, 2.75) is 39.2 Å². The molecule has 6 nitrogen and oxygen atoms in total. The molecule has 0 spiro atoms. The number of aryl methyl sites for hydroxylation is 1. The first-order chi connectivity index (χ1) is 16.5. The summed E-state index contributed by atoms with van der Waals surface area (Å²) < 4.78 is 0. The quantitative estimate of drug-likeness (QED) is 0.409. The predicted octanol–water partition coefficient (Wildman–Crippen LogP) is 5.98. The third kappa shape index (κ3) is 5.76. The highest BCUT2D eigenvalue weighted by molar-refractivity contribution is 6.04. The summed E-state index contributed by atoms with van der Waals surface area (Å²) in [6.45, 7) is 5.90. The molecule has 3 amide bonds. The second-order valence-corrected chi connectivity index (χ2v) is 8.66. The van der Waals surface area contributed by atoms with Crippen molar-refractivity contribution >= 4 is 29.0 Å². The lowest BCUT2D eigenvalue weighted by molar-refractivity contribution is 0.0940. The van der Waals surface area contributed by atoms with Gasteiger partial charge >= 0.3 is 6.03 Å². The summed E-state index contributed by atoms with van der Waals surface area (Å²) >= 11 is 0. The van der Waals surface area contributed by atoms with Crippen LogP contribution in [0.4, 0.5) is 21.9 Å². The van der Waals surface area contributed by atoms with Crippen LogP contribution < -0.4 is 20.9 Å². The van der Waals surface area contributed by atoms with Crippen molar-refractivity contribution in [3.05, 3.63) is 89.5 Å². The van der Waals surface area contributed by atoms with Crippen LogP contribution in [0, 0.1) is 0 Å². The van der Waals surface area contributed by atoms with Gasteiger partial charge in [0.2, 0.25) is 0 Å². The van der Waals surface area contributed by atoms with Gasteiger partial charge in [0.15, 0.2) is 0 Å². The molecule has 1 unspecified atom stereocenters.